The third kappa shape index (κ3) is 2.34. The Labute approximate surface area is 117 Å². The molecule has 3 unspecified atom stereocenters. The summed E-state index contributed by atoms with van der Waals surface area (Å²) in [5.74, 6) is 0.816. The van der Waals surface area contributed by atoms with Crippen LogP contribution in [-0.4, -0.2) is 10.9 Å². The fourth-order valence-electron chi connectivity index (χ4n) is 2.25. The van der Waals surface area contributed by atoms with Crippen molar-refractivity contribution >= 4 is 27.5 Å². The van der Waals surface area contributed by atoms with Gasteiger partial charge >= 0.3 is 0 Å². The van der Waals surface area contributed by atoms with E-state index in [9.17, 15) is 0 Å². The average Bonchev–Trinajstić information content (AvgIpc) is 2.32. The van der Waals surface area contributed by atoms with Gasteiger partial charge in [-0.05, 0) is 37.5 Å². The van der Waals surface area contributed by atoms with Crippen molar-refractivity contribution in [1.82, 2.24) is 0 Å². The minimum Gasteiger partial charge on any atom is -0.488 e. The van der Waals surface area contributed by atoms with Crippen molar-refractivity contribution in [2.24, 2.45) is 5.41 Å². The number of benzene rings is 1. The molecule has 0 aliphatic heterocycles. The van der Waals surface area contributed by atoms with Gasteiger partial charge in [-0.25, -0.2) is 0 Å². The molecule has 1 saturated carbocycles. The first-order valence-corrected chi connectivity index (χ1v) is 7.33. The van der Waals surface area contributed by atoms with E-state index in [2.05, 4.69) is 36.7 Å². The van der Waals surface area contributed by atoms with Crippen LogP contribution in [0.25, 0.3) is 0 Å². The Morgan fingerprint density at radius 1 is 1.53 bits per heavy atom. The van der Waals surface area contributed by atoms with Crippen LogP contribution in [0, 0.1) is 12.3 Å². The van der Waals surface area contributed by atoms with Gasteiger partial charge in [-0.1, -0.05) is 47.4 Å². The smallest absolute Gasteiger partial charge is 0.138 e. The zero-order valence-electron chi connectivity index (χ0n) is 10.5. The second-order valence-electron chi connectivity index (χ2n) is 5.10. The van der Waals surface area contributed by atoms with Gasteiger partial charge in [0.2, 0.25) is 0 Å². The molecule has 0 aromatic heterocycles. The van der Waals surface area contributed by atoms with E-state index in [0.29, 0.717) is 9.85 Å². The molecule has 0 amide bonds. The molecule has 1 aliphatic rings. The van der Waals surface area contributed by atoms with Crippen molar-refractivity contribution in [3.8, 4) is 5.75 Å². The molecule has 3 heteroatoms. The molecule has 0 bridgehead atoms. The van der Waals surface area contributed by atoms with Crippen LogP contribution in [-0.2, 0) is 0 Å². The predicted molar refractivity (Wildman–Crippen MR) is 76.3 cm³/mol. The summed E-state index contributed by atoms with van der Waals surface area (Å²) in [5.41, 5.74) is 1.39. The number of halogens is 2. The molecule has 0 saturated heterocycles. The molecule has 3 atom stereocenters. The third-order valence-electron chi connectivity index (χ3n) is 3.99. The van der Waals surface area contributed by atoms with Crippen LogP contribution in [0.2, 0.25) is 5.02 Å². The topological polar surface area (TPSA) is 9.23 Å². The number of hydrogen-bond donors (Lipinski definition) is 0. The van der Waals surface area contributed by atoms with E-state index in [1.165, 1.54) is 5.56 Å². The SMILES string of the molecule is CCC1(C)C(Br)CC1Oc1cc(C)ccc1Cl. The first-order chi connectivity index (χ1) is 7.97. The minimum atomic E-state index is 0.215. The lowest BCUT2D eigenvalue weighted by atomic mass is 9.65. The van der Waals surface area contributed by atoms with Crippen LogP contribution in [0.15, 0.2) is 18.2 Å². The summed E-state index contributed by atoms with van der Waals surface area (Å²) < 4.78 is 6.08. The molecule has 2 rings (SSSR count). The summed E-state index contributed by atoms with van der Waals surface area (Å²) in [6.45, 7) is 6.53. The van der Waals surface area contributed by atoms with Crippen molar-refractivity contribution in [2.45, 2.75) is 44.5 Å². The van der Waals surface area contributed by atoms with Crippen molar-refractivity contribution in [3.63, 3.8) is 0 Å². The normalized spacial score (nSPS) is 32.1. The van der Waals surface area contributed by atoms with E-state index in [4.69, 9.17) is 16.3 Å². The van der Waals surface area contributed by atoms with E-state index in [0.717, 1.165) is 18.6 Å². The zero-order chi connectivity index (χ0) is 12.6. The summed E-state index contributed by atoms with van der Waals surface area (Å²) in [5, 5.41) is 0.701. The number of hydrogen-bond acceptors (Lipinski definition) is 1. The largest absolute Gasteiger partial charge is 0.488 e. The average molecular weight is 318 g/mol. The fourth-order valence-corrected chi connectivity index (χ4v) is 3.37. The highest BCUT2D eigenvalue weighted by atomic mass is 79.9. The van der Waals surface area contributed by atoms with Gasteiger partial charge in [0.25, 0.3) is 0 Å². The van der Waals surface area contributed by atoms with Gasteiger partial charge in [0, 0.05) is 10.2 Å². The van der Waals surface area contributed by atoms with Crippen molar-refractivity contribution in [3.05, 3.63) is 28.8 Å². The van der Waals surface area contributed by atoms with Crippen LogP contribution >= 0.6 is 27.5 Å². The Morgan fingerprint density at radius 3 is 2.82 bits per heavy atom. The Morgan fingerprint density at radius 2 is 2.24 bits per heavy atom. The minimum absolute atomic E-state index is 0.215. The monoisotopic (exact) mass is 316 g/mol. The molecule has 1 aromatic rings. The third-order valence-corrected chi connectivity index (χ3v) is 5.72. The maximum atomic E-state index is 6.16. The lowest BCUT2D eigenvalue weighted by Gasteiger charge is -2.50. The van der Waals surface area contributed by atoms with E-state index in [1.807, 2.05) is 18.2 Å². The summed E-state index contributed by atoms with van der Waals surface area (Å²) >= 11 is 9.87. The maximum Gasteiger partial charge on any atom is 0.138 e. The first-order valence-electron chi connectivity index (χ1n) is 6.04. The molecule has 17 heavy (non-hydrogen) atoms. The fraction of sp³-hybridized carbons (Fsp3) is 0.571. The van der Waals surface area contributed by atoms with Crippen LogP contribution in [0.1, 0.15) is 32.3 Å². The number of aryl methyl sites for hydroxylation is 1. The second kappa shape index (κ2) is 4.81. The van der Waals surface area contributed by atoms with Crippen molar-refractivity contribution < 1.29 is 4.74 Å². The molecule has 1 aliphatic carbocycles. The van der Waals surface area contributed by atoms with Crippen LogP contribution in [0.4, 0.5) is 0 Å². The number of ether oxygens (including phenoxy) is 1. The van der Waals surface area contributed by atoms with E-state index in [-0.39, 0.29) is 11.5 Å². The van der Waals surface area contributed by atoms with Gasteiger partial charge in [0.05, 0.1) is 5.02 Å². The van der Waals surface area contributed by atoms with Gasteiger partial charge in [-0.3, -0.25) is 0 Å². The molecule has 1 nitrogen and oxygen atoms in total. The number of rotatable bonds is 3. The molecule has 1 fully saturated rings. The highest BCUT2D eigenvalue weighted by Crippen LogP contribution is 2.50. The summed E-state index contributed by atoms with van der Waals surface area (Å²) in [7, 11) is 0. The summed E-state index contributed by atoms with van der Waals surface area (Å²) in [4.78, 5) is 0.550. The molecule has 1 aromatic carbocycles. The van der Waals surface area contributed by atoms with Gasteiger partial charge in [-0.15, -0.1) is 0 Å². The van der Waals surface area contributed by atoms with Crippen molar-refractivity contribution in [2.75, 3.05) is 0 Å². The Balaban J connectivity index is 2.14. The lowest BCUT2D eigenvalue weighted by molar-refractivity contribution is -0.0242. The second-order valence-corrected chi connectivity index (χ2v) is 6.62. The molecule has 0 spiro atoms. The molecule has 0 heterocycles. The van der Waals surface area contributed by atoms with E-state index < -0.39 is 0 Å². The standard InChI is InChI=1S/C14H18BrClO/c1-4-14(3)12(15)8-13(14)17-11-7-9(2)5-6-10(11)16/h5-7,12-13H,4,8H2,1-3H3. The maximum absolute atomic E-state index is 6.16. The van der Waals surface area contributed by atoms with Gasteiger partial charge in [0.15, 0.2) is 0 Å². The summed E-state index contributed by atoms with van der Waals surface area (Å²) in [6.07, 6.45) is 2.42. The van der Waals surface area contributed by atoms with E-state index >= 15 is 0 Å². The quantitative estimate of drug-likeness (QED) is 0.714. The zero-order valence-corrected chi connectivity index (χ0v) is 12.8. The van der Waals surface area contributed by atoms with Crippen LogP contribution in [0.5, 0.6) is 5.75 Å². The van der Waals surface area contributed by atoms with Crippen molar-refractivity contribution in [1.29, 1.82) is 0 Å². The molecule has 0 N–H and O–H groups in total. The van der Waals surface area contributed by atoms with Crippen LogP contribution < -0.4 is 4.74 Å². The Hall–Kier alpha value is -0.210. The molecule has 0 radical (unpaired) electrons. The molecular formula is C14H18BrClO. The number of alkyl halides is 1. The van der Waals surface area contributed by atoms with Crippen LogP contribution in [0.3, 0.4) is 0 Å². The van der Waals surface area contributed by atoms with E-state index in [1.54, 1.807) is 0 Å². The molecule has 94 valence electrons. The predicted octanol–water partition coefficient (Wildman–Crippen LogP) is 4.98. The highest BCUT2D eigenvalue weighted by molar-refractivity contribution is 9.09. The van der Waals surface area contributed by atoms with Gasteiger partial charge < -0.3 is 4.74 Å². The Kier molecular flexibility index (Phi) is 3.74. The molecular weight excluding hydrogens is 300 g/mol. The van der Waals surface area contributed by atoms with Gasteiger partial charge in [0.1, 0.15) is 11.9 Å². The van der Waals surface area contributed by atoms with Gasteiger partial charge in [-0.2, -0.15) is 0 Å². The Bertz CT molecular complexity index is 421. The summed E-state index contributed by atoms with van der Waals surface area (Å²) in [6, 6.07) is 5.92. The lowest BCUT2D eigenvalue weighted by Crippen LogP contribution is -2.54. The first kappa shape index (κ1) is 13.2. The highest BCUT2D eigenvalue weighted by Gasteiger charge is 2.51.